The second kappa shape index (κ2) is 6.47. The van der Waals surface area contributed by atoms with Gasteiger partial charge in [0.15, 0.2) is 9.68 Å². The molecule has 0 atom stereocenters. The predicted octanol–water partition coefficient (Wildman–Crippen LogP) is 5.68. The molecule has 5 rings (SSSR count). The van der Waals surface area contributed by atoms with E-state index in [0.29, 0.717) is 34.8 Å². The van der Waals surface area contributed by atoms with E-state index in [1.165, 1.54) is 23.5 Å². The van der Waals surface area contributed by atoms with Gasteiger partial charge in [0.05, 0.1) is 11.6 Å². The van der Waals surface area contributed by atoms with Gasteiger partial charge in [0.1, 0.15) is 29.5 Å². The van der Waals surface area contributed by atoms with Crippen LogP contribution in [0.2, 0.25) is 0 Å². The van der Waals surface area contributed by atoms with Crippen LogP contribution in [0.15, 0.2) is 63.1 Å². The number of fused-ring (bicyclic) bond motifs is 2. The molecule has 5 aromatic rings. The van der Waals surface area contributed by atoms with E-state index in [0.717, 1.165) is 14.4 Å². The highest BCUT2D eigenvalue weighted by molar-refractivity contribution is 9.11. The average Bonchev–Trinajstić information content (AvgIpc) is 3.33. The van der Waals surface area contributed by atoms with Gasteiger partial charge in [-0.1, -0.05) is 41.7 Å². The van der Waals surface area contributed by atoms with Crippen molar-refractivity contribution < 1.29 is 13.5 Å². The molecule has 0 spiro atoms. The van der Waals surface area contributed by atoms with E-state index in [2.05, 4.69) is 26.0 Å². The molecule has 27 heavy (non-hydrogen) atoms. The number of hydrogen-bond donors (Lipinski definition) is 0. The fourth-order valence-electron chi connectivity index (χ4n) is 2.89. The van der Waals surface area contributed by atoms with Crippen molar-refractivity contribution in [2.75, 3.05) is 0 Å². The second-order valence-electron chi connectivity index (χ2n) is 5.89. The first-order valence-electron chi connectivity index (χ1n) is 8.07. The summed E-state index contributed by atoms with van der Waals surface area (Å²) < 4.78 is 28.2. The molecule has 2 aromatic carbocycles. The quantitative estimate of drug-likeness (QED) is 0.358. The normalized spacial score (nSPS) is 11.5. The van der Waals surface area contributed by atoms with Crippen molar-refractivity contribution in [2.24, 2.45) is 0 Å². The first-order valence-corrected chi connectivity index (χ1v) is 9.68. The minimum absolute atomic E-state index is 0.343. The van der Waals surface area contributed by atoms with Crippen LogP contribution in [0.1, 0.15) is 5.56 Å². The number of halogens is 2. The van der Waals surface area contributed by atoms with E-state index in [1.54, 1.807) is 10.7 Å². The molecule has 0 fully saturated rings. The van der Waals surface area contributed by atoms with Crippen LogP contribution in [0.25, 0.3) is 27.4 Å². The summed E-state index contributed by atoms with van der Waals surface area (Å²) in [5.74, 6) is 0.566. The number of imidazole rings is 1. The van der Waals surface area contributed by atoms with Crippen LogP contribution in [-0.4, -0.2) is 14.6 Å². The second-order valence-corrected chi connectivity index (χ2v) is 8.13. The van der Waals surface area contributed by atoms with Crippen LogP contribution < -0.4 is 4.74 Å². The van der Waals surface area contributed by atoms with Crippen LogP contribution in [0.3, 0.4) is 0 Å². The molecular weight excluding hydrogens is 433 g/mol. The first kappa shape index (κ1) is 16.5. The number of rotatable bonds is 4. The van der Waals surface area contributed by atoms with Crippen molar-refractivity contribution in [3.8, 4) is 17.2 Å². The zero-order valence-electron chi connectivity index (χ0n) is 13.7. The fraction of sp³-hybridized carbons (Fsp3) is 0.0526. The van der Waals surface area contributed by atoms with Gasteiger partial charge in [-0.2, -0.15) is 4.52 Å². The predicted molar refractivity (Wildman–Crippen MR) is 105 cm³/mol. The third kappa shape index (κ3) is 3.00. The summed E-state index contributed by atoms with van der Waals surface area (Å²) in [4.78, 5) is 5.07. The van der Waals surface area contributed by atoms with Gasteiger partial charge in [-0.25, -0.2) is 9.37 Å². The lowest BCUT2D eigenvalue weighted by Gasteiger charge is -2.07. The van der Waals surface area contributed by atoms with Crippen molar-refractivity contribution in [1.29, 1.82) is 0 Å². The summed E-state index contributed by atoms with van der Waals surface area (Å²) in [6.07, 6.45) is 1.68. The number of hydrogen-bond acceptors (Lipinski definition) is 5. The number of furan rings is 1. The molecule has 0 amide bonds. The Hall–Kier alpha value is -2.71. The lowest BCUT2D eigenvalue weighted by molar-refractivity contribution is 0.308. The molecule has 5 nitrogen and oxygen atoms in total. The Kier molecular flexibility index (Phi) is 3.95. The third-order valence-electron chi connectivity index (χ3n) is 4.11. The standard InChI is InChI=1S/C19H11BrFN3O2S/c20-18-23-24-14(9-22-19(24)27-18)17-8-13-15(6-12(21)7-16(13)26-17)25-10-11-4-2-1-3-5-11/h1-9H,10H2. The minimum atomic E-state index is -0.415. The highest BCUT2D eigenvalue weighted by Crippen LogP contribution is 2.35. The third-order valence-corrected chi connectivity index (χ3v) is 5.47. The summed E-state index contributed by atoms with van der Waals surface area (Å²) >= 11 is 4.77. The lowest BCUT2D eigenvalue weighted by Crippen LogP contribution is -1.95. The summed E-state index contributed by atoms with van der Waals surface area (Å²) in [5.41, 5.74) is 2.11. The number of aromatic nitrogens is 3. The molecular formula is C19H11BrFN3O2S. The smallest absolute Gasteiger partial charge is 0.213 e. The van der Waals surface area contributed by atoms with Crippen LogP contribution in [0.4, 0.5) is 4.39 Å². The molecule has 0 saturated heterocycles. The van der Waals surface area contributed by atoms with Crippen molar-refractivity contribution in [1.82, 2.24) is 14.6 Å². The van der Waals surface area contributed by atoms with Crippen LogP contribution in [0, 0.1) is 5.82 Å². The van der Waals surface area contributed by atoms with Crippen LogP contribution in [-0.2, 0) is 6.61 Å². The Labute approximate surface area is 165 Å². The summed E-state index contributed by atoms with van der Waals surface area (Å²) in [6.45, 7) is 0.343. The first-order chi connectivity index (χ1) is 13.2. The molecule has 0 unspecified atom stereocenters. The molecule has 134 valence electrons. The van der Waals surface area contributed by atoms with E-state index < -0.39 is 5.82 Å². The average molecular weight is 444 g/mol. The van der Waals surface area contributed by atoms with Gasteiger partial charge in [-0.05, 0) is 27.6 Å². The van der Waals surface area contributed by atoms with Gasteiger partial charge in [-0.15, -0.1) is 5.10 Å². The van der Waals surface area contributed by atoms with Gasteiger partial charge < -0.3 is 9.15 Å². The van der Waals surface area contributed by atoms with E-state index in [9.17, 15) is 4.39 Å². The van der Waals surface area contributed by atoms with Gasteiger partial charge in [0, 0.05) is 12.1 Å². The Bertz CT molecular complexity index is 1260. The Morgan fingerprint density at radius 1 is 1.19 bits per heavy atom. The summed E-state index contributed by atoms with van der Waals surface area (Å²) in [5, 5.41) is 5.06. The molecule has 0 aliphatic rings. The number of benzene rings is 2. The maximum atomic E-state index is 14.1. The molecule has 0 aliphatic heterocycles. The largest absolute Gasteiger partial charge is 0.488 e. The Morgan fingerprint density at radius 2 is 2.04 bits per heavy atom. The lowest BCUT2D eigenvalue weighted by atomic mass is 10.2. The molecule has 0 saturated carbocycles. The maximum Gasteiger partial charge on any atom is 0.213 e. The highest BCUT2D eigenvalue weighted by atomic mass is 79.9. The van der Waals surface area contributed by atoms with Gasteiger partial charge in [0.2, 0.25) is 4.96 Å². The van der Waals surface area contributed by atoms with E-state index in [4.69, 9.17) is 9.15 Å². The zero-order chi connectivity index (χ0) is 18.4. The summed E-state index contributed by atoms with van der Waals surface area (Å²) in [6, 6.07) is 14.3. The van der Waals surface area contributed by atoms with Crippen molar-refractivity contribution in [3.63, 3.8) is 0 Å². The van der Waals surface area contributed by atoms with Crippen molar-refractivity contribution in [2.45, 2.75) is 6.61 Å². The van der Waals surface area contributed by atoms with Crippen molar-refractivity contribution in [3.05, 3.63) is 70.0 Å². The van der Waals surface area contributed by atoms with E-state index in [1.807, 2.05) is 36.4 Å². The van der Waals surface area contributed by atoms with Crippen molar-refractivity contribution >= 4 is 43.2 Å². The molecule has 8 heteroatoms. The van der Waals surface area contributed by atoms with Gasteiger partial charge >= 0.3 is 0 Å². The van der Waals surface area contributed by atoms with Crippen LogP contribution >= 0.6 is 27.3 Å². The Morgan fingerprint density at radius 3 is 2.89 bits per heavy atom. The number of nitrogens with zero attached hydrogens (tertiary/aromatic N) is 3. The molecule has 0 N–H and O–H groups in total. The van der Waals surface area contributed by atoms with Crippen LogP contribution in [0.5, 0.6) is 5.75 Å². The molecule has 0 radical (unpaired) electrons. The highest BCUT2D eigenvalue weighted by Gasteiger charge is 2.17. The summed E-state index contributed by atoms with van der Waals surface area (Å²) in [7, 11) is 0. The molecule has 0 aliphatic carbocycles. The maximum absolute atomic E-state index is 14.1. The molecule has 3 aromatic heterocycles. The van der Waals surface area contributed by atoms with Gasteiger partial charge in [-0.3, -0.25) is 0 Å². The number of ether oxygens (including phenoxy) is 1. The SMILES string of the molecule is Fc1cc(OCc2ccccc2)c2cc(-c3cnc4sc(Br)nn34)oc2c1. The monoisotopic (exact) mass is 443 g/mol. The topological polar surface area (TPSA) is 52.6 Å². The van der Waals surface area contributed by atoms with E-state index >= 15 is 0 Å². The van der Waals surface area contributed by atoms with Gasteiger partial charge in [0.25, 0.3) is 0 Å². The minimum Gasteiger partial charge on any atom is -0.488 e. The fourth-order valence-corrected chi connectivity index (χ4v) is 4.09. The van der Waals surface area contributed by atoms with E-state index in [-0.39, 0.29) is 0 Å². The molecule has 0 bridgehead atoms. The molecule has 3 heterocycles. The Balaban J connectivity index is 1.56. The zero-order valence-corrected chi connectivity index (χ0v) is 16.1.